The molecule has 0 unspecified atom stereocenters. The van der Waals surface area contributed by atoms with E-state index in [1.165, 1.54) is 12.4 Å². The fraction of sp³-hybridized carbons (Fsp3) is 0.125. The fourth-order valence-corrected chi connectivity index (χ4v) is 2.38. The van der Waals surface area contributed by atoms with E-state index in [1.807, 2.05) is 0 Å². The second-order valence-electron chi connectivity index (χ2n) is 4.54. The van der Waals surface area contributed by atoms with Crippen LogP contribution in [0.4, 0.5) is 0 Å². The van der Waals surface area contributed by atoms with Crippen LogP contribution in [0.3, 0.4) is 0 Å². The molecular weight excluding hydrogens is 444 g/mol. The first kappa shape index (κ1) is 18.3. The van der Waals surface area contributed by atoms with Crippen LogP contribution in [0.1, 0.15) is 11.1 Å². The van der Waals surface area contributed by atoms with Crippen molar-refractivity contribution in [1.29, 1.82) is 0 Å². The van der Waals surface area contributed by atoms with Crippen molar-refractivity contribution in [3.05, 3.63) is 56.5 Å². The van der Waals surface area contributed by atoms with E-state index in [-0.39, 0.29) is 24.7 Å². The standard InChI is InChI=1S/C16H14Br2N2O4/c17-13-1-3-15(21)11(7-13)9-19-23-5-6-24-20-10-12-8-14(18)2-4-16(12)22/h1-4,7-10,21-22H,5-6H2. The van der Waals surface area contributed by atoms with Crippen LogP contribution >= 0.6 is 31.9 Å². The zero-order chi connectivity index (χ0) is 17.4. The number of phenols is 2. The molecule has 0 aliphatic heterocycles. The van der Waals surface area contributed by atoms with Crippen LogP contribution < -0.4 is 0 Å². The second kappa shape index (κ2) is 9.29. The lowest BCUT2D eigenvalue weighted by atomic mass is 10.2. The molecule has 126 valence electrons. The molecular formula is C16H14Br2N2O4. The number of halogens is 2. The zero-order valence-corrected chi connectivity index (χ0v) is 15.6. The van der Waals surface area contributed by atoms with E-state index in [9.17, 15) is 10.2 Å². The zero-order valence-electron chi connectivity index (χ0n) is 12.4. The van der Waals surface area contributed by atoms with Crippen molar-refractivity contribution in [3.63, 3.8) is 0 Å². The molecule has 6 nitrogen and oxygen atoms in total. The molecule has 0 saturated heterocycles. The van der Waals surface area contributed by atoms with Gasteiger partial charge in [0.2, 0.25) is 0 Å². The molecule has 0 aromatic heterocycles. The predicted molar refractivity (Wildman–Crippen MR) is 98.7 cm³/mol. The Morgan fingerprint density at radius 1 is 0.792 bits per heavy atom. The smallest absolute Gasteiger partial charge is 0.153 e. The van der Waals surface area contributed by atoms with Crippen LogP contribution in [0, 0.1) is 0 Å². The van der Waals surface area contributed by atoms with Gasteiger partial charge in [0.15, 0.2) is 13.2 Å². The van der Waals surface area contributed by atoms with Crippen LogP contribution in [-0.2, 0) is 9.68 Å². The Balaban J connectivity index is 1.71. The summed E-state index contributed by atoms with van der Waals surface area (Å²) in [6, 6.07) is 9.99. The van der Waals surface area contributed by atoms with Crippen molar-refractivity contribution in [2.45, 2.75) is 0 Å². The van der Waals surface area contributed by atoms with Crippen molar-refractivity contribution >= 4 is 44.3 Å². The number of aromatic hydroxyl groups is 2. The highest BCUT2D eigenvalue weighted by atomic mass is 79.9. The molecule has 0 saturated carbocycles. The Kier molecular flexibility index (Phi) is 7.07. The number of hydrogen-bond donors (Lipinski definition) is 2. The monoisotopic (exact) mass is 456 g/mol. The molecule has 8 heteroatoms. The molecule has 24 heavy (non-hydrogen) atoms. The fourth-order valence-electron chi connectivity index (χ4n) is 1.63. The third-order valence-electron chi connectivity index (χ3n) is 2.78. The number of phenolic OH excluding ortho intramolecular Hbond substituents is 2. The predicted octanol–water partition coefficient (Wildman–Crippen LogP) is 4.02. The molecule has 0 fully saturated rings. The average molecular weight is 458 g/mol. The van der Waals surface area contributed by atoms with Crippen LogP contribution in [-0.4, -0.2) is 35.9 Å². The van der Waals surface area contributed by atoms with Gasteiger partial charge in [-0.1, -0.05) is 42.2 Å². The van der Waals surface area contributed by atoms with Gasteiger partial charge >= 0.3 is 0 Å². The Morgan fingerprint density at radius 3 is 1.62 bits per heavy atom. The van der Waals surface area contributed by atoms with Crippen molar-refractivity contribution in [1.82, 2.24) is 0 Å². The first-order valence-corrected chi connectivity index (χ1v) is 8.42. The number of benzene rings is 2. The van der Waals surface area contributed by atoms with Gasteiger partial charge in [-0.05, 0) is 36.4 Å². The molecule has 0 bridgehead atoms. The maximum Gasteiger partial charge on any atom is 0.153 e. The lowest BCUT2D eigenvalue weighted by Gasteiger charge is -2.01. The van der Waals surface area contributed by atoms with Gasteiger partial charge in [-0.3, -0.25) is 0 Å². The molecule has 2 aromatic rings. The summed E-state index contributed by atoms with van der Waals surface area (Å²) in [5, 5.41) is 26.7. The van der Waals surface area contributed by atoms with E-state index in [0.29, 0.717) is 11.1 Å². The summed E-state index contributed by atoms with van der Waals surface area (Å²) in [5.74, 6) is 0.223. The Labute approximate surface area is 155 Å². The van der Waals surface area contributed by atoms with Crippen LogP contribution in [0.25, 0.3) is 0 Å². The van der Waals surface area contributed by atoms with Gasteiger partial charge in [-0.2, -0.15) is 0 Å². The van der Waals surface area contributed by atoms with Crippen LogP contribution in [0.5, 0.6) is 11.5 Å². The largest absolute Gasteiger partial charge is 0.507 e. The number of rotatable bonds is 7. The Bertz CT molecular complexity index is 687. The lowest BCUT2D eigenvalue weighted by Crippen LogP contribution is -1.98. The third-order valence-corrected chi connectivity index (χ3v) is 3.76. The average Bonchev–Trinajstić information content (AvgIpc) is 2.56. The molecule has 0 heterocycles. The Hall–Kier alpha value is -2.06. The summed E-state index contributed by atoms with van der Waals surface area (Å²) in [5.41, 5.74) is 1.07. The van der Waals surface area contributed by atoms with E-state index in [1.54, 1.807) is 36.4 Å². The minimum atomic E-state index is 0.111. The first-order valence-electron chi connectivity index (χ1n) is 6.84. The van der Waals surface area contributed by atoms with Crippen molar-refractivity contribution in [3.8, 4) is 11.5 Å². The molecule has 0 aliphatic rings. The highest BCUT2D eigenvalue weighted by molar-refractivity contribution is 9.10. The minimum Gasteiger partial charge on any atom is -0.507 e. The van der Waals surface area contributed by atoms with E-state index in [0.717, 1.165) is 8.95 Å². The number of nitrogens with zero attached hydrogens (tertiary/aromatic N) is 2. The molecule has 0 aliphatic carbocycles. The van der Waals surface area contributed by atoms with Crippen molar-refractivity contribution in [2.75, 3.05) is 13.2 Å². The SMILES string of the molecule is Oc1ccc(Br)cc1C=NOCCON=Cc1cc(Br)ccc1O. The maximum absolute atomic E-state index is 9.62. The van der Waals surface area contributed by atoms with Gasteiger partial charge in [0.25, 0.3) is 0 Å². The summed E-state index contributed by atoms with van der Waals surface area (Å²) in [6.45, 7) is 0.375. The van der Waals surface area contributed by atoms with E-state index in [2.05, 4.69) is 42.2 Å². The first-order chi connectivity index (χ1) is 11.6. The summed E-state index contributed by atoms with van der Waals surface area (Å²) >= 11 is 6.61. The molecule has 0 radical (unpaired) electrons. The maximum atomic E-state index is 9.62. The molecule has 2 rings (SSSR count). The third kappa shape index (κ3) is 5.86. The molecule has 0 amide bonds. The highest BCUT2D eigenvalue weighted by Crippen LogP contribution is 2.20. The van der Waals surface area contributed by atoms with Gasteiger partial charge in [0.1, 0.15) is 11.5 Å². The topological polar surface area (TPSA) is 83.6 Å². The Morgan fingerprint density at radius 2 is 1.21 bits per heavy atom. The molecule has 2 N–H and O–H groups in total. The molecule has 0 atom stereocenters. The van der Waals surface area contributed by atoms with E-state index < -0.39 is 0 Å². The summed E-state index contributed by atoms with van der Waals surface area (Å²) in [4.78, 5) is 10.0. The number of hydrogen-bond acceptors (Lipinski definition) is 6. The molecule has 0 spiro atoms. The minimum absolute atomic E-state index is 0.111. The van der Waals surface area contributed by atoms with Crippen LogP contribution in [0.2, 0.25) is 0 Å². The summed E-state index contributed by atoms with van der Waals surface area (Å²) < 4.78 is 1.66. The highest BCUT2D eigenvalue weighted by Gasteiger charge is 1.99. The van der Waals surface area contributed by atoms with Crippen molar-refractivity contribution in [2.24, 2.45) is 10.3 Å². The van der Waals surface area contributed by atoms with E-state index in [4.69, 9.17) is 9.68 Å². The quantitative estimate of drug-likeness (QED) is 0.373. The van der Waals surface area contributed by atoms with Gasteiger partial charge in [0.05, 0.1) is 12.4 Å². The molecule has 2 aromatic carbocycles. The van der Waals surface area contributed by atoms with Crippen molar-refractivity contribution < 1.29 is 19.9 Å². The normalized spacial score (nSPS) is 11.2. The number of oxime groups is 2. The van der Waals surface area contributed by atoms with Gasteiger partial charge < -0.3 is 19.9 Å². The summed E-state index contributed by atoms with van der Waals surface area (Å²) in [6.07, 6.45) is 2.81. The van der Waals surface area contributed by atoms with E-state index >= 15 is 0 Å². The summed E-state index contributed by atoms with van der Waals surface area (Å²) in [7, 11) is 0. The van der Waals surface area contributed by atoms with Gasteiger partial charge in [-0.15, -0.1) is 0 Å². The van der Waals surface area contributed by atoms with Crippen LogP contribution in [0.15, 0.2) is 55.7 Å². The van der Waals surface area contributed by atoms with Gasteiger partial charge in [-0.25, -0.2) is 0 Å². The lowest BCUT2D eigenvalue weighted by molar-refractivity contribution is 0.0553. The van der Waals surface area contributed by atoms with Gasteiger partial charge in [0, 0.05) is 20.1 Å². The second-order valence-corrected chi connectivity index (χ2v) is 6.37.